The Morgan fingerprint density at radius 3 is 2.31 bits per heavy atom. The Bertz CT molecular complexity index is 734. The van der Waals surface area contributed by atoms with Crippen molar-refractivity contribution in [2.24, 2.45) is 0 Å². The highest BCUT2D eigenvalue weighted by Crippen LogP contribution is 2.20. The van der Waals surface area contributed by atoms with Crippen LogP contribution in [0.5, 0.6) is 0 Å². The summed E-state index contributed by atoms with van der Waals surface area (Å²) in [6, 6.07) is 16.6. The lowest BCUT2D eigenvalue weighted by Gasteiger charge is -2.31. The molecule has 1 unspecified atom stereocenters. The van der Waals surface area contributed by atoms with Gasteiger partial charge in [-0.3, -0.25) is 9.59 Å². The highest BCUT2D eigenvalue weighted by Gasteiger charge is 2.29. The van der Waals surface area contributed by atoms with Crippen LogP contribution in [0.25, 0.3) is 0 Å². The van der Waals surface area contributed by atoms with Gasteiger partial charge in [0.1, 0.15) is 6.04 Å². The first-order chi connectivity index (χ1) is 12.6. The van der Waals surface area contributed by atoms with Gasteiger partial charge in [-0.2, -0.15) is 0 Å². The van der Waals surface area contributed by atoms with Gasteiger partial charge in [0.15, 0.2) is 0 Å². The van der Waals surface area contributed by atoms with E-state index in [9.17, 15) is 9.59 Å². The zero-order valence-electron chi connectivity index (χ0n) is 15.2. The summed E-state index contributed by atoms with van der Waals surface area (Å²) in [5.41, 5.74) is 1.84. The van der Waals surface area contributed by atoms with E-state index in [2.05, 4.69) is 5.32 Å². The van der Waals surface area contributed by atoms with E-state index < -0.39 is 6.04 Å². The normalized spacial score (nSPS) is 11.7. The van der Waals surface area contributed by atoms with Gasteiger partial charge in [-0.15, -0.1) is 0 Å². The zero-order valence-corrected chi connectivity index (χ0v) is 16.0. The third-order valence-electron chi connectivity index (χ3n) is 4.22. The number of rotatable bonds is 8. The van der Waals surface area contributed by atoms with Crippen LogP contribution in [0.1, 0.15) is 31.4 Å². The number of halogens is 1. The zero-order chi connectivity index (χ0) is 18.9. The van der Waals surface area contributed by atoms with Crippen molar-refractivity contribution < 1.29 is 9.59 Å². The molecule has 4 nitrogen and oxygen atoms in total. The minimum Gasteiger partial charge on any atom is -0.355 e. The molecule has 26 heavy (non-hydrogen) atoms. The minimum atomic E-state index is -0.582. The van der Waals surface area contributed by atoms with Gasteiger partial charge in [0.25, 0.3) is 0 Å². The molecule has 0 saturated carbocycles. The highest BCUT2D eigenvalue weighted by molar-refractivity contribution is 6.31. The average molecular weight is 373 g/mol. The lowest BCUT2D eigenvalue weighted by molar-refractivity contribution is -0.141. The standard InChI is InChI=1S/C21H25ClN2O2/c1-3-20(25)24(15-17-12-8-9-13-18(17)22)19(21(26)23-4-2)14-16-10-6-5-7-11-16/h5-13,19H,3-4,14-15H2,1-2H3,(H,23,26). The molecule has 2 amide bonds. The van der Waals surface area contributed by atoms with E-state index in [0.717, 1.165) is 11.1 Å². The molecule has 0 spiro atoms. The van der Waals surface area contributed by atoms with Gasteiger partial charge in [0.2, 0.25) is 11.8 Å². The monoisotopic (exact) mass is 372 g/mol. The summed E-state index contributed by atoms with van der Waals surface area (Å²) in [7, 11) is 0. The van der Waals surface area contributed by atoms with Crippen LogP contribution in [-0.2, 0) is 22.6 Å². The summed E-state index contributed by atoms with van der Waals surface area (Å²) in [6.07, 6.45) is 0.790. The van der Waals surface area contributed by atoms with Crippen LogP contribution in [0.3, 0.4) is 0 Å². The number of hydrogen-bond donors (Lipinski definition) is 1. The maximum Gasteiger partial charge on any atom is 0.243 e. The molecule has 0 saturated heterocycles. The summed E-state index contributed by atoms with van der Waals surface area (Å²) >= 11 is 6.28. The van der Waals surface area contributed by atoms with Crippen LogP contribution in [0, 0.1) is 0 Å². The number of carbonyl (C=O) groups excluding carboxylic acids is 2. The fourth-order valence-electron chi connectivity index (χ4n) is 2.86. The molecule has 1 N–H and O–H groups in total. The summed E-state index contributed by atoms with van der Waals surface area (Å²) in [4.78, 5) is 27.1. The van der Waals surface area contributed by atoms with Crippen molar-refractivity contribution in [2.75, 3.05) is 6.54 Å². The summed E-state index contributed by atoms with van der Waals surface area (Å²) in [6.45, 7) is 4.50. The van der Waals surface area contributed by atoms with Crippen molar-refractivity contribution in [2.45, 2.75) is 39.3 Å². The maximum absolute atomic E-state index is 12.7. The van der Waals surface area contributed by atoms with E-state index in [4.69, 9.17) is 11.6 Å². The van der Waals surface area contributed by atoms with Crippen molar-refractivity contribution in [3.05, 3.63) is 70.7 Å². The second-order valence-corrected chi connectivity index (χ2v) is 6.47. The number of nitrogens with zero attached hydrogens (tertiary/aromatic N) is 1. The Hall–Kier alpha value is -2.33. The first kappa shape index (κ1) is 20.0. The third-order valence-corrected chi connectivity index (χ3v) is 4.59. The second-order valence-electron chi connectivity index (χ2n) is 6.07. The molecule has 2 aromatic rings. The molecule has 138 valence electrons. The average Bonchev–Trinajstić information content (AvgIpc) is 2.66. The van der Waals surface area contributed by atoms with Gasteiger partial charge in [0.05, 0.1) is 0 Å². The Balaban J connectivity index is 2.35. The summed E-state index contributed by atoms with van der Waals surface area (Å²) in [5.74, 6) is -0.220. The first-order valence-electron chi connectivity index (χ1n) is 8.91. The molecule has 0 fully saturated rings. The SMILES string of the molecule is CCNC(=O)C(Cc1ccccc1)N(Cc1ccccc1Cl)C(=O)CC. The first-order valence-corrected chi connectivity index (χ1v) is 9.29. The Morgan fingerprint density at radius 2 is 1.69 bits per heavy atom. The number of carbonyl (C=O) groups is 2. The van der Waals surface area contributed by atoms with Crippen molar-refractivity contribution >= 4 is 23.4 Å². The Kier molecular flexibility index (Phi) is 7.67. The molecule has 0 bridgehead atoms. The van der Waals surface area contributed by atoms with Gasteiger partial charge >= 0.3 is 0 Å². The lowest BCUT2D eigenvalue weighted by Crippen LogP contribution is -2.50. The molecule has 1 atom stereocenters. The predicted octanol–water partition coefficient (Wildman–Crippen LogP) is 3.83. The van der Waals surface area contributed by atoms with Gasteiger partial charge < -0.3 is 10.2 Å². The van der Waals surface area contributed by atoms with E-state index >= 15 is 0 Å². The number of amides is 2. The van der Waals surface area contributed by atoms with Crippen molar-refractivity contribution in [3.8, 4) is 0 Å². The van der Waals surface area contributed by atoms with Gasteiger partial charge in [0, 0.05) is 31.0 Å². The van der Waals surface area contributed by atoms with Crippen LogP contribution in [-0.4, -0.2) is 29.3 Å². The van der Waals surface area contributed by atoms with E-state index in [1.54, 1.807) is 17.9 Å². The molecule has 0 aliphatic heterocycles. The quantitative estimate of drug-likeness (QED) is 0.765. The molecule has 0 aliphatic rings. The molecule has 0 heterocycles. The molecule has 0 radical (unpaired) electrons. The largest absolute Gasteiger partial charge is 0.355 e. The van der Waals surface area contributed by atoms with E-state index in [1.165, 1.54) is 0 Å². The van der Waals surface area contributed by atoms with Crippen LogP contribution in [0.4, 0.5) is 0 Å². The predicted molar refractivity (Wildman–Crippen MR) is 105 cm³/mol. The summed E-state index contributed by atoms with van der Waals surface area (Å²) < 4.78 is 0. The highest BCUT2D eigenvalue weighted by atomic mass is 35.5. The maximum atomic E-state index is 12.7. The molecule has 0 aromatic heterocycles. The van der Waals surface area contributed by atoms with E-state index in [-0.39, 0.29) is 11.8 Å². The second kappa shape index (κ2) is 9.97. The topological polar surface area (TPSA) is 49.4 Å². The Labute approximate surface area is 160 Å². The third kappa shape index (κ3) is 5.33. The lowest BCUT2D eigenvalue weighted by atomic mass is 10.0. The van der Waals surface area contributed by atoms with Crippen LogP contribution >= 0.6 is 11.6 Å². The molecule has 2 aromatic carbocycles. The van der Waals surface area contributed by atoms with Crippen molar-refractivity contribution in [1.29, 1.82) is 0 Å². The van der Waals surface area contributed by atoms with Gasteiger partial charge in [-0.1, -0.05) is 67.1 Å². The number of benzene rings is 2. The number of nitrogens with one attached hydrogen (secondary N) is 1. The van der Waals surface area contributed by atoms with Crippen LogP contribution < -0.4 is 5.32 Å². The molecular weight excluding hydrogens is 348 g/mol. The summed E-state index contributed by atoms with van der Waals surface area (Å²) in [5, 5.41) is 3.45. The van der Waals surface area contributed by atoms with E-state index in [0.29, 0.717) is 31.0 Å². The van der Waals surface area contributed by atoms with Crippen LogP contribution in [0.15, 0.2) is 54.6 Å². The van der Waals surface area contributed by atoms with E-state index in [1.807, 2.05) is 55.5 Å². The number of likely N-dealkylation sites (N-methyl/N-ethyl adjacent to an activating group) is 1. The van der Waals surface area contributed by atoms with Gasteiger partial charge in [-0.25, -0.2) is 0 Å². The Morgan fingerprint density at radius 1 is 1.04 bits per heavy atom. The fourth-order valence-corrected chi connectivity index (χ4v) is 3.05. The van der Waals surface area contributed by atoms with Crippen molar-refractivity contribution in [1.82, 2.24) is 10.2 Å². The molecule has 0 aliphatic carbocycles. The molecule has 5 heteroatoms. The van der Waals surface area contributed by atoms with Gasteiger partial charge in [-0.05, 0) is 24.1 Å². The number of hydrogen-bond acceptors (Lipinski definition) is 2. The van der Waals surface area contributed by atoms with Crippen LogP contribution in [0.2, 0.25) is 5.02 Å². The minimum absolute atomic E-state index is 0.0721. The smallest absolute Gasteiger partial charge is 0.243 e. The fraction of sp³-hybridized carbons (Fsp3) is 0.333. The molecule has 2 rings (SSSR count). The molecular formula is C21H25ClN2O2. The van der Waals surface area contributed by atoms with Crippen molar-refractivity contribution in [3.63, 3.8) is 0 Å².